The minimum Gasteiger partial charge on any atom is -0.497 e. The zero-order valence-electron chi connectivity index (χ0n) is 20.5. The number of hydrogen-bond acceptors (Lipinski definition) is 6. The summed E-state index contributed by atoms with van der Waals surface area (Å²) in [6.45, 7) is 5.07. The van der Waals surface area contributed by atoms with Gasteiger partial charge in [0.25, 0.3) is 5.56 Å². The molecule has 0 aliphatic heterocycles. The maximum atomic E-state index is 13.1. The molecule has 0 unspecified atom stereocenters. The van der Waals surface area contributed by atoms with Gasteiger partial charge in [-0.3, -0.25) is 9.69 Å². The predicted molar refractivity (Wildman–Crippen MR) is 132 cm³/mol. The van der Waals surface area contributed by atoms with Gasteiger partial charge in [-0.25, -0.2) is 4.68 Å². The number of rotatable bonds is 8. The van der Waals surface area contributed by atoms with Gasteiger partial charge in [-0.1, -0.05) is 39.5 Å². The summed E-state index contributed by atoms with van der Waals surface area (Å²) in [4.78, 5) is 18.7. The van der Waals surface area contributed by atoms with Crippen molar-refractivity contribution in [3.8, 4) is 5.75 Å². The van der Waals surface area contributed by atoms with Crippen LogP contribution in [0.5, 0.6) is 5.75 Å². The summed E-state index contributed by atoms with van der Waals surface area (Å²) in [5.41, 5.74) is 1.57. The van der Waals surface area contributed by atoms with Crippen LogP contribution in [0.15, 0.2) is 29.1 Å². The largest absolute Gasteiger partial charge is 0.497 e. The molecule has 182 valence electrons. The average Bonchev–Trinajstić information content (AvgIpc) is 3.61. The van der Waals surface area contributed by atoms with E-state index >= 15 is 0 Å². The lowest BCUT2D eigenvalue weighted by atomic mass is 9.97. The number of pyridine rings is 1. The first-order valence-corrected chi connectivity index (χ1v) is 12.8. The summed E-state index contributed by atoms with van der Waals surface area (Å²) in [6, 6.07) is 8.64. The normalized spacial score (nSPS) is 18.5. The second-order valence-corrected chi connectivity index (χ2v) is 10.3. The van der Waals surface area contributed by atoms with Crippen LogP contribution in [0.25, 0.3) is 10.9 Å². The molecule has 34 heavy (non-hydrogen) atoms. The van der Waals surface area contributed by atoms with E-state index in [4.69, 9.17) is 4.74 Å². The van der Waals surface area contributed by atoms with Gasteiger partial charge < -0.3 is 9.72 Å². The summed E-state index contributed by atoms with van der Waals surface area (Å²) in [6.07, 6.45) is 9.49. The van der Waals surface area contributed by atoms with Crippen LogP contribution in [-0.2, 0) is 6.54 Å². The molecule has 2 aromatic heterocycles. The molecule has 2 aliphatic rings. The Labute approximate surface area is 200 Å². The van der Waals surface area contributed by atoms with Crippen LogP contribution in [0, 0.1) is 5.92 Å². The Morgan fingerprint density at radius 1 is 1.12 bits per heavy atom. The number of nitrogens with one attached hydrogen (secondary N) is 1. The number of tetrazole rings is 1. The Morgan fingerprint density at radius 2 is 1.85 bits per heavy atom. The van der Waals surface area contributed by atoms with Gasteiger partial charge in [0.05, 0.1) is 19.2 Å². The number of fused-ring (bicyclic) bond motifs is 1. The number of nitrogens with zero attached hydrogens (tertiary/aromatic N) is 5. The Hall–Kier alpha value is -2.74. The molecule has 0 bridgehead atoms. The molecular weight excluding hydrogens is 428 g/mol. The van der Waals surface area contributed by atoms with Crippen LogP contribution < -0.4 is 10.3 Å². The summed E-state index contributed by atoms with van der Waals surface area (Å²) >= 11 is 0. The topological polar surface area (TPSA) is 88.9 Å². The monoisotopic (exact) mass is 464 g/mol. The molecule has 8 heteroatoms. The Morgan fingerprint density at radius 3 is 2.56 bits per heavy atom. The highest BCUT2D eigenvalue weighted by atomic mass is 16.5. The lowest BCUT2D eigenvalue weighted by Gasteiger charge is -2.38. The lowest BCUT2D eigenvalue weighted by molar-refractivity contribution is 0.0826. The molecular formula is C26H36N6O2. The molecule has 2 fully saturated rings. The van der Waals surface area contributed by atoms with Crippen molar-refractivity contribution in [2.75, 3.05) is 7.11 Å². The van der Waals surface area contributed by atoms with E-state index in [1.54, 1.807) is 7.11 Å². The molecule has 2 aliphatic carbocycles. The average molecular weight is 465 g/mol. The fourth-order valence-corrected chi connectivity index (χ4v) is 6.00. The minimum absolute atomic E-state index is 0.0291. The Balaban J connectivity index is 1.54. The van der Waals surface area contributed by atoms with E-state index in [2.05, 4.69) is 43.9 Å². The predicted octanol–water partition coefficient (Wildman–Crippen LogP) is 4.78. The van der Waals surface area contributed by atoms with Crippen LogP contribution in [0.3, 0.4) is 0 Å². The van der Waals surface area contributed by atoms with Crippen molar-refractivity contribution in [1.29, 1.82) is 0 Å². The second kappa shape index (κ2) is 9.86. The van der Waals surface area contributed by atoms with Gasteiger partial charge in [0.2, 0.25) is 0 Å². The fourth-order valence-electron chi connectivity index (χ4n) is 6.00. The summed E-state index contributed by atoms with van der Waals surface area (Å²) < 4.78 is 7.50. The molecule has 3 aromatic rings. The van der Waals surface area contributed by atoms with Crippen LogP contribution in [0.4, 0.5) is 0 Å². The highest BCUT2D eigenvalue weighted by molar-refractivity contribution is 5.80. The number of H-pyrrole nitrogens is 1. The van der Waals surface area contributed by atoms with Gasteiger partial charge >= 0.3 is 0 Å². The third-order valence-electron chi connectivity index (χ3n) is 7.72. The lowest BCUT2D eigenvalue weighted by Crippen LogP contribution is -2.41. The SMILES string of the molecule is COc1ccc2[nH]c(=O)c(CN(C3CCCC3)[C@@H](c3nnnn3C3CCCC3)C(C)C)cc2c1. The number of ether oxygens (including phenoxy) is 1. The van der Waals surface area contributed by atoms with Crippen LogP contribution in [-0.4, -0.2) is 43.2 Å². The van der Waals surface area contributed by atoms with Crippen LogP contribution in [0.1, 0.15) is 88.7 Å². The van der Waals surface area contributed by atoms with Crippen molar-refractivity contribution in [3.05, 3.63) is 46.0 Å². The molecule has 0 saturated heterocycles. The third-order valence-corrected chi connectivity index (χ3v) is 7.72. The molecule has 0 amide bonds. The van der Waals surface area contributed by atoms with Gasteiger partial charge in [-0.2, -0.15) is 0 Å². The van der Waals surface area contributed by atoms with Crippen molar-refractivity contribution in [2.45, 2.75) is 89.9 Å². The highest BCUT2D eigenvalue weighted by Crippen LogP contribution is 2.38. The molecule has 8 nitrogen and oxygen atoms in total. The van der Waals surface area contributed by atoms with Crippen LogP contribution >= 0.6 is 0 Å². The fraction of sp³-hybridized carbons (Fsp3) is 0.615. The van der Waals surface area contributed by atoms with Gasteiger partial charge in [0, 0.05) is 29.1 Å². The third kappa shape index (κ3) is 4.48. The molecule has 5 rings (SSSR count). The van der Waals surface area contributed by atoms with E-state index in [1.807, 2.05) is 24.3 Å². The second-order valence-electron chi connectivity index (χ2n) is 10.3. The molecule has 2 heterocycles. The van der Waals surface area contributed by atoms with Crippen molar-refractivity contribution in [1.82, 2.24) is 30.1 Å². The van der Waals surface area contributed by atoms with E-state index in [-0.39, 0.29) is 11.6 Å². The Kier molecular flexibility index (Phi) is 6.68. The van der Waals surface area contributed by atoms with E-state index in [9.17, 15) is 4.79 Å². The molecule has 2 saturated carbocycles. The molecule has 1 N–H and O–H groups in total. The van der Waals surface area contributed by atoms with Crippen molar-refractivity contribution >= 4 is 10.9 Å². The highest BCUT2D eigenvalue weighted by Gasteiger charge is 2.36. The molecule has 1 aromatic carbocycles. The first-order valence-electron chi connectivity index (χ1n) is 12.8. The number of hydrogen-bond donors (Lipinski definition) is 1. The number of aromatic nitrogens is 5. The molecule has 0 radical (unpaired) electrons. The Bertz CT molecular complexity index is 1170. The van der Waals surface area contributed by atoms with Crippen molar-refractivity contribution in [3.63, 3.8) is 0 Å². The summed E-state index contributed by atoms with van der Waals surface area (Å²) in [7, 11) is 1.66. The van der Waals surface area contributed by atoms with Crippen LogP contribution in [0.2, 0.25) is 0 Å². The number of methoxy groups -OCH3 is 1. The summed E-state index contributed by atoms with van der Waals surface area (Å²) in [5.74, 6) is 2.05. The number of benzene rings is 1. The smallest absolute Gasteiger partial charge is 0.252 e. The maximum absolute atomic E-state index is 13.1. The van der Waals surface area contributed by atoms with Gasteiger partial charge in [-0.15, -0.1) is 5.10 Å². The van der Waals surface area contributed by atoms with Gasteiger partial charge in [0.15, 0.2) is 5.82 Å². The van der Waals surface area contributed by atoms with Crippen molar-refractivity contribution < 1.29 is 4.74 Å². The quantitative estimate of drug-likeness (QED) is 0.516. The molecule has 0 spiro atoms. The molecule has 1 atom stereocenters. The van der Waals surface area contributed by atoms with E-state index in [0.29, 0.717) is 24.5 Å². The van der Waals surface area contributed by atoms with Crippen molar-refractivity contribution in [2.24, 2.45) is 5.92 Å². The maximum Gasteiger partial charge on any atom is 0.252 e. The van der Waals surface area contributed by atoms with Gasteiger partial charge in [-0.05, 0) is 66.3 Å². The first-order chi connectivity index (χ1) is 16.5. The van der Waals surface area contributed by atoms with E-state index < -0.39 is 0 Å². The zero-order valence-corrected chi connectivity index (χ0v) is 20.5. The van der Waals surface area contributed by atoms with Gasteiger partial charge in [0.1, 0.15) is 5.75 Å². The number of aromatic amines is 1. The minimum atomic E-state index is -0.0291. The first kappa shape index (κ1) is 23.0. The zero-order chi connectivity index (χ0) is 23.7. The summed E-state index contributed by atoms with van der Waals surface area (Å²) in [5, 5.41) is 14.1. The van der Waals surface area contributed by atoms with E-state index in [1.165, 1.54) is 25.7 Å². The van der Waals surface area contributed by atoms with E-state index in [0.717, 1.165) is 53.7 Å². The standard InChI is InChI=1S/C26H36N6O2/c1-17(2)24(25-28-29-30-32(25)21-10-6-7-11-21)31(20-8-4-5-9-20)16-19-14-18-15-22(34-3)12-13-23(18)27-26(19)33/h12-15,17,20-21,24H,4-11,16H2,1-3H3,(H,27,33)/t24-/m1/s1.